The van der Waals surface area contributed by atoms with Crippen molar-refractivity contribution in [3.05, 3.63) is 52.4 Å². The summed E-state index contributed by atoms with van der Waals surface area (Å²) in [5, 5.41) is 31.6. The molecule has 0 unspecified atom stereocenters. The standard InChI is InChI=1S/C31H39N7O8S2/c1-4-5-6-7-8-9-12-33-24(39)18-11-10-13-37(14-18)15-19-16-47-27-22(26(41)38(27)23(19)28(42)43)35-25(40)21(20-17-48-30(32)34-20)36-46-31(2,3)29(44)45/h10-11,13-14,17,22,27H,4-9,12,15-16H2,1-3H3,(H5-,32,33,34,35,39,40,42,43,44,45)/b36-21-/t22-,27-/m1/s1. The number of β-lactam (4-membered cyclic amide) rings is 1. The van der Waals surface area contributed by atoms with Gasteiger partial charge in [0.15, 0.2) is 29.8 Å². The van der Waals surface area contributed by atoms with E-state index in [2.05, 4.69) is 27.7 Å². The molecule has 17 heteroatoms. The third kappa shape index (κ3) is 8.69. The van der Waals surface area contributed by atoms with Gasteiger partial charge >= 0.3 is 5.97 Å². The number of nitrogens with one attached hydrogen (secondary N) is 2. The fourth-order valence-electron chi connectivity index (χ4n) is 4.99. The molecule has 2 aliphatic heterocycles. The van der Waals surface area contributed by atoms with Crippen LogP contribution in [0.25, 0.3) is 0 Å². The second-order valence-electron chi connectivity index (χ2n) is 11.8. The Morgan fingerprint density at radius 3 is 2.62 bits per heavy atom. The van der Waals surface area contributed by atoms with Gasteiger partial charge in [-0.3, -0.25) is 19.3 Å². The number of rotatable bonds is 17. The van der Waals surface area contributed by atoms with Crippen molar-refractivity contribution in [2.75, 3.05) is 18.0 Å². The van der Waals surface area contributed by atoms with Gasteiger partial charge in [-0.05, 0) is 26.3 Å². The molecule has 4 rings (SSSR count). The van der Waals surface area contributed by atoms with Gasteiger partial charge in [-0.1, -0.05) is 44.2 Å². The molecular formula is C31H39N7O8S2. The van der Waals surface area contributed by atoms with E-state index in [4.69, 9.17) is 10.6 Å². The van der Waals surface area contributed by atoms with Gasteiger partial charge in [-0.15, -0.1) is 23.1 Å². The summed E-state index contributed by atoms with van der Waals surface area (Å²) in [5.74, 6) is -4.50. The summed E-state index contributed by atoms with van der Waals surface area (Å²) in [6, 6.07) is 2.23. The number of thioether (sulfide) groups is 1. The first-order chi connectivity index (χ1) is 22.8. The number of carboxylic acids is 2. The molecule has 1 fully saturated rings. The number of carboxylic acid groups (broad SMARTS) is 2. The lowest BCUT2D eigenvalue weighted by Gasteiger charge is -2.50. The number of fused-ring (bicyclic) bond motifs is 1. The average molecular weight is 702 g/mol. The fraction of sp³-hybridized carbons (Fsp3) is 0.484. The van der Waals surface area contributed by atoms with Crippen LogP contribution in [-0.2, 0) is 30.6 Å². The van der Waals surface area contributed by atoms with Gasteiger partial charge in [0.1, 0.15) is 22.7 Å². The van der Waals surface area contributed by atoms with Crippen molar-refractivity contribution in [3.63, 3.8) is 0 Å². The van der Waals surface area contributed by atoms with Crippen LogP contribution in [-0.4, -0.2) is 79.7 Å². The van der Waals surface area contributed by atoms with Crippen LogP contribution < -0.4 is 26.0 Å². The maximum absolute atomic E-state index is 13.3. The molecule has 0 saturated carbocycles. The van der Waals surface area contributed by atoms with Crippen LogP contribution in [0.4, 0.5) is 5.13 Å². The Morgan fingerprint density at radius 2 is 1.96 bits per heavy atom. The van der Waals surface area contributed by atoms with Gasteiger partial charge in [0.05, 0.1) is 11.7 Å². The quantitative estimate of drug-likeness (QED) is 0.0594. The molecule has 2 aromatic rings. The first-order valence-electron chi connectivity index (χ1n) is 15.5. The number of thiazole rings is 1. The third-order valence-corrected chi connectivity index (χ3v) is 9.71. The Labute approximate surface area is 285 Å². The van der Waals surface area contributed by atoms with Crippen molar-refractivity contribution in [1.82, 2.24) is 20.5 Å². The zero-order chi connectivity index (χ0) is 35.0. The number of oxime groups is 1. The van der Waals surface area contributed by atoms with Crippen molar-refractivity contribution >= 4 is 63.6 Å². The first-order valence-corrected chi connectivity index (χ1v) is 17.4. The number of carbonyl (C=O) groups is 5. The molecule has 5 N–H and O–H groups in total. The van der Waals surface area contributed by atoms with Crippen LogP contribution >= 0.6 is 23.1 Å². The highest BCUT2D eigenvalue weighted by atomic mass is 32.2. The number of nitrogens with zero attached hydrogens (tertiary/aromatic N) is 4. The number of hydrogen-bond donors (Lipinski definition) is 4. The van der Waals surface area contributed by atoms with Crippen LogP contribution in [0, 0.1) is 0 Å². The number of aromatic nitrogens is 2. The maximum Gasteiger partial charge on any atom is 0.350 e. The largest absolute Gasteiger partial charge is 0.543 e. The Balaban J connectivity index is 1.44. The van der Waals surface area contributed by atoms with E-state index in [0.717, 1.165) is 35.5 Å². The molecule has 4 heterocycles. The Bertz CT molecular complexity index is 1620. The zero-order valence-electron chi connectivity index (χ0n) is 26.9. The number of hydrogen-bond acceptors (Lipinski definition) is 12. The number of anilines is 1. The number of nitrogens with two attached hydrogens (primary N) is 1. The van der Waals surface area contributed by atoms with E-state index < -0.39 is 46.5 Å². The van der Waals surface area contributed by atoms with Crippen molar-refractivity contribution in [1.29, 1.82) is 0 Å². The molecule has 2 aliphatic rings. The summed E-state index contributed by atoms with van der Waals surface area (Å²) in [6.07, 6.45) is 9.95. The number of aliphatic carboxylic acids is 2. The fourth-order valence-corrected chi connectivity index (χ4v) is 6.87. The minimum atomic E-state index is -1.78. The minimum Gasteiger partial charge on any atom is -0.543 e. The molecule has 0 radical (unpaired) electrons. The predicted octanol–water partition coefficient (Wildman–Crippen LogP) is 0.791. The molecule has 3 amide bonds. The van der Waals surface area contributed by atoms with Crippen LogP contribution in [0.3, 0.4) is 0 Å². The number of carbonyl (C=O) groups excluding carboxylic acids is 4. The van der Waals surface area contributed by atoms with Crippen LogP contribution in [0.5, 0.6) is 0 Å². The van der Waals surface area contributed by atoms with Gasteiger partial charge in [0.2, 0.25) is 5.60 Å². The SMILES string of the molecule is CCCCCCCCNC(=O)c1ccc[n+](CC2=C(C(=O)[O-])N3C(=O)[C@@H](NC(=O)/C(=N\OC(C)(C)C(=O)O)c4csc(N)n4)[C@H]3SC2)c1. The Morgan fingerprint density at radius 1 is 1.23 bits per heavy atom. The van der Waals surface area contributed by atoms with Gasteiger partial charge in [-0.2, -0.15) is 0 Å². The van der Waals surface area contributed by atoms with E-state index in [9.17, 15) is 34.2 Å². The normalized spacial score (nSPS) is 17.8. The molecule has 2 atom stereocenters. The highest BCUT2D eigenvalue weighted by molar-refractivity contribution is 8.00. The smallest absolute Gasteiger partial charge is 0.350 e. The highest BCUT2D eigenvalue weighted by Gasteiger charge is 2.53. The lowest BCUT2D eigenvalue weighted by atomic mass is 10.0. The summed E-state index contributed by atoms with van der Waals surface area (Å²) < 4.78 is 1.67. The molecule has 258 valence electrons. The number of nitrogen functional groups attached to an aromatic ring is 1. The van der Waals surface area contributed by atoms with E-state index in [1.165, 1.54) is 50.3 Å². The van der Waals surface area contributed by atoms with Gasteiger partial charge < -0.3 is 36.2 Å². The highest BCUT2D eigenvalue weighted by Crippen LogP contribution is 2.40. The van der Waals surface area contributed by atoms with Crippen LogP contribution in [0.2, 0.25) is 0 Å². The van der Waals surface area contributed by atoms with E-state index in [1.807, 2.05) is 0 Å². The summed E-state index contributed by atoms with van der Waals surface area (Å²) in [6.45, 7) is 5.28. The van der Waals surface area contributed by atoms with E-state index >= 15 is 0 Å². The molecule has 2 aromatic heterocycles. The number of amides is 3. The molecule has 15 nitrogen and oxygen atoms in total. The predicted molar refractivity (Wildman–Crippen MR) is 175 cm³/mol. The molecule has 1 saturated heterocycles. The Kier molecular flexibility index (Phi) is 12.2. The van der Waals surface area contributed by atoms with E-state index in [0.29, 0.717) is 17.7 Å². The van der Waals surface area contributed by atoms with Crippen LogP contribution in [0.15, 0.2) is 46.3 Å². The molecule has 0 spiro atoms. The van der Waals surface area contributed by atoms with Crippen molar-refractivity contribution in [2.24, 2.45) is 5.16 Å². The summed E-state index contributed by atoms with van der Waals surface area (Å²) in [7, 11) is 0. The zero-order valence-corrected chi connectivity index (χ0v) is 28.5. The summed E-state index contributed by atoms with van der Waals surface area (Å²) in [5.41, 5.74) is 4.03. The van der Waals surface area contributed by atoms with E-state index in [1.54, 1.807) is 29.1 Å². The monoisotopic (exact) mass is 701 g/mol. The molecule has 0 bridgehead atoms. The van der Waals surface area contributed by atoms with Crippen molar-refractivity contribution in [3.8, 4) is 0 Å². The molecular weight excluding hydrogens is 663 g/mol. The minimum absolute atomic E-state index is 0.00377. The van der Waals surface area contributed by atoms with Gasteiger partial charge in [0, 0.05) is 29.3 Å². The van der Waals surface area contributed by atoms with E-state index in [-0.39, 0.29) is 34.7 Å². The molecule has 48 heavy (non-hydrogen) atoms. The third-order valence-electron chi connectivity index (χ3n) is 7.70. The number of unbranched alkanes of at least 4 members (excludes halogenated alkanes) is 5. The lowest BCUT2D eigenvalue weighted by molar-refractivity contribution is -0.689. The molecule has 0 aromatic carbocycles. The first kappa shape index (κ1) is 36.3. The van der Waals surface area contributed by atoms with Crippen molar-refractivity contribution in [2.45, 2.75) is 82.9 Å². The van der Waals surface area contributed by atoms with Gasteiger partial charge in [-0.25, -0.2) is 14.3 Å². The molecule has 0 aliphatic carbocycles. The summed E-state index contributed by atoms with van der Waals surface area (Å²) in [4.78, 5) is 73.3. The van der Waals surface area contributed by atoms with Crippen molar-refractivity contribution < 1.29 is 43.6 Å². The topological polar surface area (TPSA) is 220 Å². The summed E-state index contributed by atoms with van der Waals surface area (Å²) >= 11 is 2.26. The van der Waals surface area contributed by atoms with Crippen LogP contribution in [0.1, 0.15) is 75.3 Å². The van der Waals surface area contributed by atoms with Gasteiger partial charge in [0.25, 0.3) is 17.7 Å². The Hall–Kier alpha value is -4.51. The second-order valence-corrected chi connectivity index (χ2v) is 13.8. The average Bonchev–Trinajstić information content (AvgIpc) is 3.48. The number of pyridine rings is 1. The lowest BCUT2D eigenvalue weighted by Crippen LogP contribution is -2.71. The maximum atomic E-state index is 13.3. The second kappa shape index (κ2) is 16.1.